The fourth-order valence-electron chi connectivity index (χ4n) is 3.34. The predicted molar refractivity (Wildman–Crippen MR) is 111 cm³/mol. The summed E-state index contributed by atoms with van der Waals surface area (Å²) in [4.78, 5) is 21.5. The Morgan fingerprint density at radius 2 is 1.64 bits per heavy atom. The molecule has 1 N–H and O–H groups in total. The Morgan fingerprint density at radius 1 is 0.821 bits per heavy atom. The Labute approximate surface area is 161 Å². The summed E-state index contributed by atoms with van der Waals surface area (Å²) in [6.45, 7) is 0. The fourth-order valence-corrected chi connectivity index (χ4v) is 3.34. The first kappa shape index (κ1) is 16.2. The van der Waals surface area contributed by atoms with Crippen LogP contribution in [0.3, 0.4) is 0 Å². The second-order valence-electron chi connectivity index (χ2n) is 6.48. The van der Waals surface area contributed by atoms with E-state index in [9.17, 15) is 4.79 Å². The highest BCUT2D eigenvalue weighted by molar-refractivity contribution is 6.08. The molecule has 5 heteroatoms. The summed E-state index contributed by atoms with van der Waals surface area (Å²) in [5.74, 6) is -0.166. The fraction of sp³-hybridized carbons (Fsp3) is 0. The highest BCUT2D eigenvalue weighted by atomic mass is 16.1. The molecule has 2 aromatic heterocycles. The Balaban J connectivity index is 1.43. The van der Waals surface area contributed by atoms with Crippen molar-refractivity contribution < 1.29 is 4.79 Å². The number of imidazole rings is 1. The van der Waals surface area contributed by atoms with Crippen LogP contribution in [0.5, 0.6) is 0 Å². The van der Waals surface area contributed by atoms with Crippen molar-refractivity contribution in [2.24, 2.45) is 0 Å². The molecule has 28 heavy (non-hydrogen) atoms. The van der Waals surface area contributed by atoms with Crippen LogP contribution in [-0.4, -0.2) is 20.4 Å². The van der Waals surface area contributed by atoms with Crippen molar-refractivity contribution in [2.75, 3.05) is 5.32 Å². The summed E-state index contributed by atoms with van der Waals surface area (Å²) in [7, 11) is 0. The standard InChI is InChI=1S/C23H16N4O/c28-23(26-20-8-3-5-16-6-4-14-24-22(16)20)17-10-12-18(13-11-17)27-15-25-19-7-1-2-9-21(19)27/h1-15H,(H,26,28). The average Bonchev–Trinajstić information content (AvgIpc) is 3.18. The molecule has 2 heterocycles. The van der Waals surface area contributed by atoms with Crippen LogP contribution >= 0.6 is 0 Å². The maximum Gasteiger partial charge on any atom is 0.255 e. The Kier molecular flexibility index (Phi) is 3.84. The molecule has 0 aliphatic rings. The zero-order chi connectivity index (χ0) is 18.9. The van der Waals surface area contributed by atoms with E-state index < -0.39 is 0 Å². The van der Waals surface area contributed by atoms with Crippen LogP contribution < -0.4 is 5.32 Å². The van der Waals surface area contributed by atoms with Gasteiger partial charge in [0.15, 0.2) is 0 Å². The smallest absolute Gasteiger partial charge is 0.255 e. The molecule has 134 valence electrons. The first-order valence-corrected chi connectivity index (χ1v) is 8.97. The summed E-state index contributed by atoms with van der Waals surface area (Å²) < 4.78 is 2.01. The monoisotopic (exact) mass is 364 g/mol. The number of nitrogens with one attached hydrogen (secondary N) is 1. The molecule has 0 saturated carbocycles. The van der Waals surface area contributed by atoms with Crippen LogP contribution in [0, 0.1) is 0 Å². The van der Waals surface area contributed by atoms with Crippen molar-refractivity contribution in [1.29, 1.82) is 0 Å². The van der Waals surface area contributed by atoms with Crippen molar-refractivity contribution >= 4 is 33.5 Å². The third-order valence-corrected chi connectivity index (χ3v) is 4.74. The van der Waals surface area contributed by atoms with E-state index in [1.807, 2.05) is 83.4 Å². The molecule has 0 spiro atoms. The lowest BCUT2D eigenvalue weighted by atomic mass is 10.1. The van der Waals surface area contributed by atoms with Gasteiger partial charge in [-0.3, -0.25) is 14.3 Å². The zero-order valence-corrected chi connectivity index (χ0v) is 14.9. The van der Waals surface area contributed by atoms with Crippen LogP contribution in [0.1, 0.15) is 10.4 Å². The zero-order valence-electron chi connectivity index (χ0n) is 14.9. The van der Waals surface area contributed by atoms with Gasteiger partial charge in [-0.15, -0.1) is 0 Å². The molecule has 0 atom stereocenters. The van der Waals surface area contributed by atoms with Gasteiger partial charge in [-0.05, 0) is 48.5 Å². The van der Waals surface area contributed by atoms with Crippen LogP contribution in [0.15, 0.2) is 91.4 Å². The van der Waals surface area contributed by atoms with Gasteiger partial charge in [0.25, 0.3) is 5.91 Å². The van der Waals surface area contributed by atoms with E-state index in [1.54, 1.807) is 12.5 Å². The van der Waals surface area contributed by atoms with E-state index in [0.717, 1.165) is 27.6 Å². The minimum absolute atomic E-state index is 0.166. The summed E-state index contributed by atoms with van der Waals surface area (Å²) in [5.41, 5.74) is 4.99. The van der Waals surface area contributed by atoms with Crippen LogP contribution in [-0.2, 0) is 0 Å². The molecular formula is C23H16N4O. The lowest BCUT2D eigenvalue weighted by Crippen LogP contribution is -2.12. The topological polar surface area (TPSA) is 59.8 Å². The minimum Gasteiger partial charge on any atom is -0.320 e. The quantitative estimate of drug-likeness (QED) is 0.499. The minimum atomic E-state index is -0.166. The lowest BCUT2D eigenvalue weighted by molar-refractivity contribution is 0.102. The molecule has 3 aromatic carbocycles. The summed E-state index contributed by atoms with van der Waals surface area (Å²) in [6, 6.07) is 25.0. The van der Waals surface area contributed by atoms with Crippen molar-refractivity contribution in [2.45, 2.75) is 0 Å². The molecule has 5 nitrogen and oxygen atoms in total. The van der Waals surface area contributed by atoms with E-state index in [1.165, 1.54) is 0 Å². The van der Waals surface area contributed by atoms with Gasteiger partial charge < -0.3 is 5.32 Å². The van der Waals surface area contributed by atoms with Gasteiger partial charge in [-0.25, -0.2) is 4.98 Å². The molecule has 0 unspecified atom stereocenters. The van der Waals surface area contributed by atoms with E-state index in [0.29, 0.717) is 11.3 Å². The van der Waals surface area contributed by atoms with Crippen molar-refractivity contribution in [3.05, 3.63) is 97.0 Å². The van der Waals surface area contributed by atoms with Gasteiger partial charge in [0.1, 0.15) is 6.33 Å². The Hall–Kier alpha value is -3.99. The Bertz CT molecular complexity index is 1300. The maximum atomic E-state index is 12.7. The van der Waals surface area contributed by atoms with Gasteiger partial charge in [0.05, 0.1) is 22.2 Å². The summed E-state index contributed by atoms with van der Waals surface area (Å²) in [6.07, 6.45) is 3.52. The molecule has 0 fully saturated rings. The molecule has 0 aliphatic heterocycles. The van der Waals surface area contributed by atoms with Gasteiger partial charge in [0.2, 0.25) is 0 Å². The number of fused-ring (bicyclic) bond motifs is 2. The van der Waals surface area contributed by atoms with Gasteiger partial charge in [-0.2, -0.15) is 0 Å². The number of anilines is 1. The second kappa shape index (κ2) is 6.63. The van der Waals surface area contributed by atoms with E-state index in [4.69, 9.17) is 0 Å². The third kappa shape index (κ3) is 2.79. The van der Waals surface area contributed by atoms with Crippen LogP contribution in [0.25, 0.3) is 27.6 Å². The molecule has 1 amide bonds. The van der Waals surface area contributed by atoms with E-state index in [-0.39, 0.29) is 5.91 Å². The number of amides is 1. The average molecular weight is 364 g/mol. The number of hydrogen-bond donors (Lipinski definition) is 1. The van der Waals surface area contributed by atoms with Crippen molar-refractivity contribution in [1.82, 2.24) is 14.5 Å². The van der Waals surface area contributed by atoms with Crippen molar-refractivity contribution in [3.63, 3.8) is 0 Å². The number of benzene rings is 3. The molecule has 0 bridgehead atoms. The predicted octanol–water partition coefficient (Wildman–Crippen LogP) is 4.83. The molecule has 0 radical (unpaired) electrons. The lowest BCUT2D eigenvalue weighted by Gasteiger charge is -2.09. The summed E-state index contributed by atoms with van der Waals surface area (Å²) in [5, 5.41) is 3.95. The van der Waals surface area contributed by atoms with Gasteiger partial charge >= 0.3 is 0 Å². The summed E-state index contributed by atoms with van der Waals surface area (Å²) >= 11 is 0. The molecule has 5 rings (SSSR count). The highest BCUT2D eigenvalue weighted by Crippen LogP contribution is 2.22. The van der Waals surface area contributed by atoms with Gasteiger partial charge in [-0.1, -0.05) is 30.3 Å². The Morgan fingerprint density at radius 3 is 2.54 bits per heavy atom. The normalized spacial score (nSPS) is 11.0. The molecular weight excluding hydrogens is 348 g/mol. The van der Waals surface area contributed by atoms with E-state index >= 15 is 0 Å². The third-order valence-electron chi connectivity index (χ3n) is 4.74. The molecule has 0 saturated heterocycles. The maximum absolute atomic E-state index is 12.7. The number of para-hydroxylation sites is 3. The van der Waals surface area contributed by atoms with Crippen LogP contribution in [0.4, 0.5) is 5.69 Å². The van der Waals surface area contributed by atoms with E-state index in [2.05, 4.69) is 15.3 Å². The number of carbonyl (C=O) groups is 1. The number of aromatic nitrogens is 3. The second-order valence-corrected chi connectivity index (χ2v) is 6.48. The SMILES string of the molecule is O=C(Nc1cccc2cccnc12)c1ccc(-n2cnc3ccccc32)cc1. The van der Waals surface area contributed by atoms with Crippen LogP contribution in [0.2, 0.25) is 0 Å². The number of rotatable bonds is 3. The van der Waals surface area contributed by atoms with Crippen molar-refractivity contribution in [3.8, 4) is 5.69 Å². The first-order chi connectivity index (χ1) is 13.8. The molecule has 5 aromatic rings. The number of carbonyl (C=O) groups excluding carboxylic acids is 1. The number of hydrogen-bond acceptors (Lipinski definition) is 3. The molecule has 0 aliphatic carbocycles. The largest absolute Gasteiger partial charge is 0.320 e. The highest BCUT2D eigenvalue weighted by Gasteiger charge is 2.10. The first-order valence-electron chi connectivity index (χ1n) is 8.97. The van der Waals surface area contributed by atoms with Gasteiger partial charge in [0, 0.05) is 22.8 Å². The number of nitrogens with zero attached hydrogens (tertiary/aromatic N) is 3. The number of pyridine rings is 1.